The molecule has 0 saturated carbocycles. The maximum absolute atomic E-state index is 12.4. The van der Waals surface area contributed by atoms with Crippen molar-refractivity contribution in [1.82, 2.24) is 15.5 Å². The first-order chi connectivity index (χ1) is 14.2. The number of carbonyl (C=O) groups is 2. The van der Waals surface area contributed by atoms with Gasteiger partial charge in [-0.15, -0.1) is 10.2 Å². The van der Waals surface area contributed by atoms with Crippen LogP contribution in [0.1, 0.15) is 25.2 Å². The highest BCUT2D eigenvalue weighted by Gasteiger charge is 2.14. The van der Waals surface area contributed by atoms with Crippen molar-refractivity contribution < 1.29 is 19.1 Å². The van der Waals surface area contributed by atoms with E-state index in [0.29, 0.717) is 35.2 Å². The minimum Gasteiger partial charge on any atom is -0.486 e. The van der Waals surface area contributed by atoms with Crippen LogP contribution in [0, 0.1) is 0 Å². The van der Waals surface area contributed by atoms with Gasteiger partial charge in [0.05, 0.1) is 6.61 Å². The van der Waals surface area contributed by atoms with Gasteiger partial charge in [-0.05, 0) is 30.3 Å². The van der Waals surface area contributed by atoms with Crippen LogP contribution in [0.2, 0.25) is 0 Å². The first kappa shape index (κ1) is 20.4. The number of aromatic nitrogens is 2. The summed E-state index contributed by atoms with van der Waals surface area (Å²) < 4.78 is 10.5. The van der Waals surface area contributed by atoms with Crippen LogP contribution in [0.5, 0.6) is 5.75 Å². The number of rotatable bonds is 9. The van der Waals surface area contributed by atoms with Crippen LogP contribution in [0.15, 0.2) is 54.6 Å². The summed E-state index contributed by atoms with van der Waals surface area (Å²) in [4.78, 5) is 24.5. The van der Waals surface area contributed by atoms with Gasteiger partial charge in [-0.1, -0.05) is 35.6 Å². The number of nitrogens with zero attached hydrogens (tertiary/aromatic N) is 2. The van der Waals surface area contributed by atoms with Gasteiger partial charge in [-0.3, -0.25) is 9.59 Å². The Bertz CT molecular complexity index is 962. The Hall–Kier alpha value is -3.30. The lowest BCUT2D eigenvalue weighted by Crippen LogP contribution is -2.27. The Morgan fingerprint density at radius 1 is 1.03 bits per heavy atom. The predicted molar refractivity (Wildman–Crippen MR) is 109 cm³/mol. The fourth-order valence-corrected chi connectivity index (χ4v) is 3.00. The molecule has 150 valence electrons. The maximum atomic E-state index is 12.4. The molecule has 0 radical (unpaired) electrons. The maximum Gasteiger partial charge on any atom is 0.286 e. The molecule has 0 saturated heterocycles. The molecule has 0 aliphatic heterocycles. The molecule has 1 aromatic heterocycles. The van der Waals surface area contributed by atoms with Crippen LogP contribution in [0.3, 0.4) is 0 Å². The number of nitrogens with one attached hydrogen (secondary N) is 2. The summed E-state index contributed by atoms with van der Waals surface area (Å²) in [7, 11) is 1.56. The third-order valence-corrected chi connectivity index (χ3v) is 4.64. The van der Waals surface area contributed by atoms with Gasteiger partial charge < -0.3 is 20.1 Å². The number of ether oxygens (including phenoxy) is 2. The molecule has 2 N–H and O–H groups in total. The molecule has 0 atom stereocenters. The molecule has 0 spiro atoms. The molecule has 0 aliphatic rings. The van der Waals surface area contributed by atoms with Crippen LogP contribution in [0.25, 0.3) is 0 Å². The van der Waals surface area contributed by atoms with Crippen molar-refractivity contribution in [3.8, 4) is 5.75 Å². The van der Waals surface area contributed by atoms with Crippen molar-refractivity contribution in [2.24, 2.45) is 0 Å². The van der Waals surface area contributed by atoms with E-state index in [-0.39, 0.29) is 17.5 Å². The zero-order valence-electron chi connectivity index (χ0n) is 15.8. The highest BCUT2D eigenvalue weighted by Crippen LogP contribution is 2.17. The van der Waals surface area contributed by atoms with Gasteiger partial charge in [0.2, 0.25) is 5.01 Å². The van der Waals surface area contributed by atoms with E-state index in [9.17, 15) is 9.59 Å². The number of hydrogen-bond acceptors (Lipinski definition) is 7. The van der Waals surface area contributed by atoms with Gasteiger partial charge in [0.1, 0.15) is 12.4 Å². The highest BCUT2D eigenvalue weighted by atomic mass is 32.1. The molecular formula is C20H20N4O4S. The molecule has 0 bridgehead atoms. The van der Waals surface area contributed by atoms with Crippen LogP contribution in [0.4, 0.5) is 5.69 Å². The standard InChI is InChI=1S/C20H20N4O4S/c1-27-11-10-21-18(25)14-6-5-7-15(12-14)22-19(26)20-24-23-17(29-20)13-28-16-8-3-2-4-9-16/h2-9,12H,10-11,13H2,1H3,(H,21,25)(H,22,26). The van der Waals surface area contributed by atoms with Crippen LogP contribution < -0.4 is 15.4 Å². The zero-order chi connectivity index (χ0) is 20.5. The van der Waals surface area contributed by atoms with Gasteiger partial charge in [0, 0.05) is 24.9 Å². The van der Waals surface area contributed by atoms with E-state index >= 15 is 0 Å². The van der Waals surface area contributed by atoms with Crippen LogP contribution in [-0.4, -0.2) is 42.3 Å². The fraction of sp³-hybridized carbons (Fsp3) is 0.200. The van der Waals surface area contributed by atoms with Gasteiger partial charge in [-0.2, -0.15) is 0 Å². The number of benzene rings is 2. The van der Waals surface area contributed by atoms with E-state index in [0.717, 1.165) is 11.3 Å². The molecule has 9 heteroatoms. The quantitative estimate of drug-likeness (QED) is 0.524. The largest absolute Gasteiger partial charge is 0.486 e. The average molecular weight is 412 g/mol. The van der Waals surface area contributed by atoms with E-state index in [4.69, 9.17) is 9.47 Å². The van der Waals surface area contributed by atoms with Crippen molar-refractivity contribution in [2.45, 2.75) is 6.61 Å². The summed E-state index contributed by atoms with van der Waals surface area (Å²) >= 11 is 1.15. The molecule has 29 heavy (non-hydrogen) atoms. The Kier molecular flexibility index (Phi) is 7.26. The van der Waals surface area contributed by atoms with Crippen molar-refractivity contribution in [2.75, 3.05) is 25.6 Å². The number of methoxy groups -OCH3 is 1. The van der Waals surface area contributed by atoms with Gasteiger partial charge >= 0.3 is 0 Å². The zero-order valence-corrected chi connectivity index (χ0v) is 16.6. The molecule has 3 rings (SSSR count). The van der Waals surface area contributed by atoms with Crippen molar-refractivity contribution in [3.05, 3.63) is 70.2 Å². The lowest BCUT2D eigenvalue weighted by Gasteiger charge is -2.07. The molecule has 8 nitrogen and oxygen atoms in total. The molecule has 1 heterocycles. The normalized spacial score (nSPS) is 10.4. The second-order valence-electron chi connectivity index (χ2n) is 5.89. The SMILES string of the molecule is COCCNC(=O)c1cccc(NC(=O)c2nnc(COc3ccccc3)s2)c1. The second-order valence-corrected chi connectivity index (χ2v) is 6.95. The van der Waals surface area contributed by atoms with Gasteiger partial charge in [-0.25, -0.2) is 0 Å². The van der Waals surface area contributed by atoms with Gasteiger partial charge in [0.15, 0.2) is 5.01 Å². The second kappa shape index (κ2) is 10.3. The van der Waals surface area contributed by atoms with Crippen molar-refractivity contribution in [1.29, 1.82) is 0 Å². The third kappa shape index (κ3) is 6.09. The smallest absolute Gasteiger partial charge is 0.286 e. The summed E-state index contributed by atoms with van der Waals surface area (Å²) in [5.74, 6) is 0.0779. The van der Waals surface area contributed by atoms with Crippen LogP contribution >= 0.6 is 11.3 Å². The number of para-hydroxylation sites is 1. The Morgan fingerprint density at radius 2 is 1.86 bits per heavy atom. The highest BCUT2D eigenvalue weighted by molar-refractivity contribution is 7.13. The van der Waals surface area contributed by atoms with Crippen LogP contribution in [-0.2, 0) is 11.3 Å². The van der Waals surface area contributed by atoms with Crippen molar-refractivity contribution in [3.63, 3.8) is 0 Å². The monoisotopic (exact) mass is 412 g/mol. The molecule has 2 amide bonds. The molecule has 0 unspecified atom stereocenters. The fourth-order valence-electron chi connectivity index (χ4n) is 2.36. The summed E-state index contributed by atoms with van der Waals surface area (Å²) in [6.45, 7) is 1.06. The van der Waals surface area contributed by atoms with Gasteiger partial charge in [0.25, 0.3) is 11.8 Å². The van der Waals surface area contributed by atoms with E-state index in [1.165, 1.54) is 0 Å². The predicted octanol–water partition coefficient (Wildman–Crippen LogP) is 2.75. The van der Waals surface area contributed by atoms with E-state index < -0.39 is 5.91 Å². The Balaban J connectivity index is 1.57. The van der Waals surface area contributed by atoms with Crippen molar-refractivity contribution >= 4 is 28.8 Å². The molecule has 3 aromatic rings. The third-order valence-electron chi connectivity index (χ3n) is 3.74. The Morgan fingerprint density at radius 3 is 2.66 bits per heavy atom. The minimum atomic E-state index is -0.398. The number of anilines is 1. The van der Waals surface area contributed by atoms with E-state index in [1.807, 2.05) is 30.3 Å². The molecule has 2 aromatic carbocycles. The molecule has 0 fully saturated rings. The number of carbonyl (C=O) groups excluding carboxylic acids is 2. The topological polar surface area (TPSA) is 102 Å². The Labute approximate surface area is 171 Å². The first-order valence-electron chi connectivity index (χ1n) is 8.84. The molecular weight excluding hydrogens is 392 g/mol. The first-order valence-corrected chi connectivity index (χ1v) is 9.66. The minimum absolute atomic E-state index is 0.214. The van der Waals surface area contributed by atoms with E-state index in [2.05, 4.69) is 20.8 Å². The summed E-state index contributed by atoms with van der Waals surface area (Å²) in [5, 5.41) is 14.2. The summed E-state index contributed by atoms with van der Waals surface area (Å²) in [6.07, 6.45) is 0. The van der Waals surface area contributed by atoms with E-state index in [1.54, 1.807) is 31.4 Å². The average Bonchev–Trinajstić information content (AvgIpc) is 3.23. The summed E-state index contributed by atoms with van der Waals surface area (Å²) in [6, 6.07) is 16.0. The molecule has 0 aliphatic carbocycles. The lowest BCUT2D eigenvalue weighted by atomic mass is 10.2. The number of hydrogen-bond donors (Lipinski definition) is 2. The number of amides is 2. The lowest BCUT2D eigenvalue weighted by molar-refractivity contribution is 0.0936. The summed E-state index contributed by atoms with van der Waals surface area (Å²) in [5.41, 5.74) is 0.930.